The van der Waals surface area contributed by atoms with E-state index in [2.05, 4.69) is 0 Å². The van der Waals surface area contributed by atoms with Gasteiger partial charge in [-0.1, -0.05) is 44.9 Å². The second-order valence-corrected chi connectivity index (χ2v) is 13.7. The summed E-state index contributed by atoms with van der Waals surface area (Å²) in [6.07, 6.45) is 14.1. The molecule has 2 atom stereocenters. The van der Waals surface area contributed by atoms with Gasteiger partial charge in [-0.25, -0.2) is 0 Å². The van der Waals surface area contributed by atoms with Crippen molar-refractivity contribution in [1.29, 1.82) is 0 Å². The van der Waals surface area contributed by atoms with Crippen molar-refractivity contribution in [3.63, 3.8) is 0 Å². The van der Waals surface area contributed by atoms with Crippen molar-refractivity contribution < 1.29 is 17.5 Å². The van der Waals surface area contributed by atoms with Crippen LogP contribution < -0.4 is 0 Å². The molecule has 1 N–H and O–H groups in total. The Balaban J connectivity index is 1.87. The zero-order chi connectivity index (χ0) is 17.2. The lowest BCUT2D eigenvalue weighted by Crippen LogP contribution is -2.36. The van der Waals surface area contributed by atoms with E-state index in [1.807, 2.05) is 0 Å². The molecule has 0 aromatic heterocycles. The van der Waals surface area contributed by atoms with Gasteiger partial charge in [-0.3, -0.25) is 4.55 Å². The average molecular weight is 376 g/mol. The summed E-state index contributed by atoms with van der Waals surface area (Å²) in [6.45, 7) is 0. The van der Waals surface area contributed by atoms with E-state index in [0.29, 0.717) is 24.2 Å². The average Bonchev–Trinajstić information content (AvgIpc) is 2.62. The highest BCUT2D eigenvalue weighted by atomic mass is 32.2. The molecular formula is C18H33O4PS. The molecule has 2 unspecified atom stereocenters. The van der Waals surface area contributed by atoms with Crippen molar-refractivity contribution in [2.45, 2.75) is 112 Å². The molecule has 140 valence electrons. The Morgan fingerprint density at radius 3 is 1.58 bits per heavy atom. The molecule has 3 saturated carbocycles. The molecule has 4 nitrogen and oxygen atoms in total. The molecular weight excluding hydrogens is 343 g/mol. The van der Waals surface area contributed by atoms with Gasteiger partial charge < -0.3 is 4.57 Å². The Kier molecular flexibility index (Phi) is 6.15. The van der Waals surface area contributed by atoms with Crippen molar-refractivity contribution in [2.75, 3.05) is 0 Å². The van der Waals surface area contributed by atoms with E-state index in [1.165, 1.54) is 38.5 Å². The molecule has 0 saturated heterocycles. The predicted molar refractivity (Wildman–Crippen MR) is 98.9 cm³/mol. The summed E-state index contributed by atoms with van der Waals surface area (Å²) in [6, 6.07) is 0. The minimum Gasteiger partial charge on any atom is -0.323 e. The Morgan fingerprint density at radius 1 is 0.667 bits per heavy atom. The fourth-order valence-electron chi connectivity index (χ4n) is 5.62. The van der Waals surface area contributed by atoms with Gasteiger partial charge in [0.15, 0.2) is 0 Å². The summed E-state index contributed by atoms with van der Waals surface area (Å²) in [5.41, 5.74) is 0.670. The van der Waals surface area contributed by atoms with E-state index in [1.54, 1.807) is 0 Å². The van der Waals surface area contributed by atoms with Gasteiger partial charge in [0.05, 0.1) is 12.4 Å². The van der Waals surface area contributed by atoms with Gasteiger partial charge in [0.25, 0.3) is 10.1 Å². The van der Waals surface area contributed by atoms with Gasteiger partial charge in [-0.2, -0.15) is 8.42 Å². The first-order valence-electron chi connectivity index (χ1n) is 9.97. The molecule has 3 rings (SSSR count). The van der Waals surface area contributed by atoms with E-state index in [9.17, 15) is 17.5 Å². The van der Waals surface area contributed by atoms with E-state index in [-0.39, 0.29) is 5.66 Å². The van der Waals surface area contributed by atoms with Crippen LogP contribution in [-0.4, -0.2) is 35.2 Å². The Labute approximate surface area is 147 Å². The standard InChI is InChI=1S/C18H33O4PS/c19-23(15-8-3-1-4-9-15,16-10-5-2-6-11-16)17-12-7-13-18(14-17)24(20,21)22/h15-18H,1-14H2,(H,20,21,22). The predicted octanol–water partition coefficient (Wildman–Crippen LogP) is 5.21. The molecule has 0 radical (unpaired) electrons. The number of rotatable bonds is 4. The SMILES string of the molecule is O=P(C1CCCCC1)(C1CCCCC1)C1CCCC(S(=O)(=O)O)C1. The van der Waals surface area contributed by atoms with E-state index >= 15 is 0 Å². The lowest BCUT2D eigenvalue weighted by atomic mass is 9.98. The molecule has 3 aliphatic rings. The van der Waals surface area contributed by atoms with Crippen LogP contribution in [0.3, 0.4) is 0 Å². The molecule has 24 heavy (non-hydrogen) atoms. The minimum atomic E-state index is -4.00. The molecule has 3 aliphatic carbocycles. The lowest BCUT2D eigenvalue weighted by molar-refractivity contribution is 0.402. The van der Waals surface area contributed by atoms with Crippen LogP contribution in [0.4, 0.5) is 0 Å². The molecule has 0 aliphatic heterocycles. The fourth-order valence-corrected chi connectivity index (χ4v) is 12.0. The summed E-state index contributed by atoms with van der Waals surface area (Å²) >= 11 is 0. The van der Waals surface area contributed by atoms with Gasteiger partial charge in [0.2, 0.25) is 0 Å². The van der Waals surface area contributed by atoms with Gasteiger partial charge in [-0.15, -0.1) is 0 Å². The largest absolute Gasteiger partial charge is 0.323 e. The summed E-state index contributed by atoms with van der Waals surface area (Å²) in [4.78, 5) is 0. The van der Waals surface area contributed by atoms with Crippen LogP contribution in [0, 0.1) is 0 Å². The van der Waals surface area contributed by atoms with Crippen LogP contribution >= 0.6 is 7.14 Å². The third-order valence-corrected chi connectivity index (χ3v) is 13.1. The fraction of sp³-hybridized carbons (Fsp3) is 1.00. The highest BCUT2D eigenvalue weighted by Gasteiger charge is 2.48. The van der Waals surface area contributed by atoms with Crippen molar-refractivity contribution in [3.8, 4) is 0 Å². The van der Waals surface area contributed by atoms with Crippen molar-refractivity contribution in [2.24, 2.45) is 0 Å². The molecule has 3 fully saturated rings. The van der Waals surface area contributed by atoms with E-state index < -0.39 is 22.5 Å². The maximum Gasteiger partial charge on any atom is 0.267 e. The normalized spacial score (nSPS) is 31.9. The smallest absolute Gasteiger partial charge is 0.267 e. The van der Waals surface area contributed by atoms with E-state index in [0.717, 1.165) is 38.5 Å². The maximum atomic E-state index is 14.5. The van der Waals surface area contributed by atoms with Crippen molar-refractivity contribution in [3.05, 3.63) is 0 Å². The first-order chi connectivity index (χ1) is 11.4. The molecule has 0 heterocycles. The summed E-state index contributed by atoms with van der Waals surface area (Å²) in [5, 5.41) is -0.684. The summed E-state index contributed by atoms with van der Waals surface area (Å²) in [7, 11) is -6.43. The second-order valence-electron chi connectivity index (χ2n) is 8.30. The van der Waals surface area contributed by atoms with Crippen LogP contribution in [0.5, 0.6) is 0 Å². The van der Waals surface area contributed by atoms with Crippen molar-refractivity contribution >= 4 is 17.3 Å². The van der Waals surface area contributed by atoms with E-state index in [4.69, 9.17) is 0 Å². The maximum absolute atomic E-state index is 14.5. The third kappa shape index (κ3) is 3.94. The second kappa shape index (κ2) is 7.80. The summed E-state index contributed by atoms with van der Waals surface area (Å²) in [5.74, 6) is 0. The molecule has 0 aromatic rings. The van der Waals surface area contributed by atoms with Gasteiger partial charge in [0, 0.05) is 17.0 Å². The number of hydrogen-bond donors (Lipinski definition) is 1. The molecule has 6 heteroatoms. The zero-order valence-corrected chi connectivity index (χ0v) is 16.4. The molecule has 0 aromatic carbocycles. The van der Waals surface area contributed by atoms with Crippen molar-refractivity contribution in [1.82, 2.24) is 0 Å². The Bertz CT molecular complexity index is 540. The van der Waals surface area contributed by atoms with Crippen LogP contribution in [0.25, 0.3) is 0 Å². The molecule has 0 bridgehead atoms. The first-order valence-corrected chi connectivity index (χ1v) is 13.4. The highest BCUT2D eigenvalue weighted by Crippen LogP contribution is 2.68. The topological polar surface area (TPSA) is 71.4 Å². The monoisotopic (exact) mass is 376 g/mol. The zero-order valence-electron chi connectivity index (χ0n) is 14.7. The van der Waals surface area contributed by atoms with Gasteiger partial charge >= 0.3 is 0 Å². The van der Waals surface area contributed by atoms with Gasteiger partial charge in [0.1, 0.15) is 0 Å². The van der Waals surface area contributed by atoms with Crippen LogP contribution in [-0.2, 0) is 14.7 Å². The molecule has 0 spiro atoms. The Hall–Kier alpha value is 0.140. The number of hydrogen-bond acceptors (Lipinski definition) is 3. The van der Waals surface area contributed by atoms with Crippen LogP contribution in [0.15, 0.2) is 0 Å². The summed E-state index contributed by atoms with van der Waals surface area (Å²) < 4.78 is 47.4. The van der Waals surface area contributed by atoms with Gasteiger partial charge in [-0.05, 0) is 44.9 Å². The van der Waals surface area contributed by atoms with Crippen LogP contribution in [0.2, 0.25) is 0 Å². The lowest BCUT2D eigenvalue weighted by Gasteiger charge is -2.44. The quantitative estimate of drug-likeness (QED) is 0.540. The third-order valence-electron chi connectivity index (χ3n) is 6.88. The minimum absolute atomic E-state index is 0.0318. The van der Waals surface area contributed by atoms with Crippen LogP contribution in [0.1, 0.15) is 89.9 Å². The molecule has 0 amide bonds. The highest BCUT2D eigenvalue weighted by molar-refractivity contribution is 7.86. The first kappa shape index (κ1) is 18.9. The Morgan fingerprint density at radius 2 is 1.12 bits per heavy atom.